The minimum absolute atomic E-state index is 0.349. The molecule has 2 N–H and O–H groups in total. The lowest BCUT2D eigenvalue weighted by Crippen LogP contribution is -2.01. The zero-order valence-electron chi connectivity index (χ0n) is 10.9. The number of nitrogens with zero attached hydrogens (tertiary/aromatic N) is 6. The number of aromatic nitrogens is 6. The molecule has 8 nitrogen and oxygen atoms in total. The smallest absolute Gasteiger partial charge is 0.248 e. The van der Waals surface area contributed by atoms with Gasteiger partial charge in [-0.25, -0.2) is 4.68 Å². The Kier molecular flexibility index (Phi) is 3.21. The van der Waals surface area contributed by atoms with E-state index < -0.39 is 0 Å². The van der Waals surface area contributed by atoms with Crippen molar-refractivity contribution in [1.82, 2.24) is 30.1 Å². The molecule has 0 aliphatic rings. The van der Waals surface area contributed by atoms with Gasteiger partial charge in [0.15, 0.2) is 0 Å². The Morgan fingerprint density at radius 3 is 3.05 bits per heavy atom. The van der Waals surface area contributed by atoms with Gasteiger partial charge in [0.05, 0.1) is 11.9 Å². The van der Waals surface area contributed by atoms with Crippen molar-refractivity contribution in [2.45, 2.75) is 20.0 Å². The molecule has 0 atom stereocenters. The highest BCUT2D eigenvalue weighted by Gasteiger charge is 2.12. The van der Waals surface area contributed by atoms with Crippen molar-refractivity contribution >= 4 is 0 Å². The fraction of sp³-hybridized carbons (Fsp3) is 0.250. The van der Waals surface area contributed by atoms with Crippen molar-refractivity contribution in [2.24, 2.45) is 5.73 Å². The molecular formula is C12H13N7O. The molecule has 0 unspecified atom stereocenters. The molecule has 3 heterocycles. The summed E-state index contributed by atoms with van der Waals surface area (Å²) >= 11 is 0. The second kappa shape index (κ2) is 5.17. The lowest BCUT2D eigenvalue weighted by molar-refractivity contribution is 0.364. The zero-order chi connectivity index (χ0) is 13.9. The molecule has 0 bridgehead atoms. The van der Waals surface area contributed by atoms with E-state index in [1.54, 1.807) is 17.1 Å². The average Bonchev–Trinajstić information content (AvgIpc) is 3.09. The minimum atomic E-state index is 0.349. The van der Waals surface area contributed by atoms with Gasteiger partial charge in [0.25, 0.3) is 0 Å². The predicted molar refractivity (Wildman–Crippen MR) is 69.3 cm³/mol. The Bertz CT molecular complexity index is 718. The monoisotopic (exact) mass is 271 g/mol. The molecule has 8 heteroatoms. The topological polar surface area (TPSA) is 109 Å². The van der Waals surface area contributed by atoms with E-state index >= 15 is 0 Å². The lowest BCUT2D eigenvalue weighted by Gasteiger charge is -1.96. The normalized spacial score (nSPS) is 10.9. The third-order valence-electron chi connectivity index (χ3n) is 2.78. The molecule has 0 fully saturated rings. The summed E-state index contributed by atoms with van der Waals surface area (Å²) in [7, 11) is 0. The maximum Gasteiger partial charge on any atom is 0.248 e. The van der Waals surface area contributed by atoms with E-state index in [0.717, 1.165) is 5.56 Å². The summed E-state index contributed by atoms with van der Waals surface area (Å²) < 4.78 is 6.80. The van der Waals surface area contributed by atoms with Gasteiger partial charge in [-0.1, -0.05) is 16.4 Å². The van der Waals surface area contributed by atoms with Crippen LogP contribution < -0.4 is 5.73 Å². The maximum absolute atomic E-state index is 5.48. The molecule has 0 spiro atoms. The fourth-order valence-electron chi connectivity index (χ4n) is 1.78. The van der Waals surface area contributed by atoms with Gasteiger partial charge < -0.3 is 10.3 Å². The Morgan fingerprint density at radius 1 is 1.40 bits per heavy atom. The molecule has 3 aromatic heterocycles. The highest BCUT2D eigenvalue weighted by atomic mass is 16.5. The van der Waals surface area contributed by atoms with Crippen LogP contribution in [-0.2, 0) is 13.1 Å². The van der Waals surface area contributed by atoms with Gasteiger partial charge in [0.1, 0.15) is 12.2 Å². The van der Waals surface area contributed by atoms with Crippen LogP contribution in [0.1, 0.15) is 17.1 Å². The van der Waals surface area contributed by atoms with E-state index in [-0.39, 0.29) is 0 Å². The van der Waals surface area contributed by atoms with E-state index in [2.05, 4.69) is 25.4 Å². The highest BCUT2D eigenvalue weighted by molar-refractivity contribution is 5.52. The van der Waals surface area contributed by atoms with E-state index in [0.29, 0.717) is 36.2 Å². The first-order chi connectivity index (χ1) is 9.76. The standard InChI is InChI=1S/C12H13N7O/c1-8-3-2-4-14-11(8)12-15-10(20-17-12)7-19-6-9(5-13)16-18-19/h2-4,6H,5,7,13H2,1H3. The summed E-state index contributed by atoms with van der Waals surface area (Å²) in [5.41, 5.74) is 7.89. The number of rotatable bonds is 4. The van der Waals surface area contributed by atoms with Gasteiger partial charge in [0.2, 0.25) is 11.7 Å². The van der Waals surface area contributed by atoms with Crippen molar-refractivity contribution < 1.29 is 4.52 Å². The van der Waals surface area contributed by atoms with Gasteiger partial charge >= 0.3 is 0 Å². The molecule has 3 rings (SSSR count). The van der Waals surface area contributed by atoms with Gasteiger partial charge in [-0.3, -0.25) is 4.98 Å². The number of nitrogens with two attached hydrogens (primary N) is 1. The molecule has 0 aliphatic carbocycles. The molecular weight excluding hydrogens is 258 g/mol. The third-order valence-corrected chi connectivity index (χ3v) is 2.78. The van der Waals surface area contributed by atoms with E-state index in [4.69, 9.17) is 10.3 Å². The van der Waals surface area contributed by atoms with Crippen LogP contribution in [0.5, 0.6) is 0 Å². The molecule has 0 amide bonds. The van der Waals surface area contributed by atoms with Crippen LogP contribution >= 0.6 is 0 Å². The summed E-state index contributed by atoms with van der Waals surface area (Å²) in [5.74, 6) is 0.913. The Balaban J connectivity index is 1.82. The number of pyridine rings is 1. The molecule has 102 valence electrons. The molecule has 20 heavy (non-hydrogen) atoms. The minimum Gasteiger partial charge on any atom is -0.337 e. The molecule has 0 radical (unpaired) electrons. The van der Waals surface area contributed by atoms with Crippen LogP contribution in [0.2, 0.25) is 0 Å². The zero-order valence-corrected chi connectivity index (χ0v) is 10.9. The first kappa shape index (κ1) is 12.4. The Morgan fingerprint density at radius 2 is 2.30 bits per heavy atom. The summed E-state index contributed by atoms with van der Waals surface area (Å²) in [6, 6.07) is 3.81. The Labute approximate surface area is 114 Å². The van der Waals surface area contributed by atoms with Crippen molar-refractivity contribution in [3.05, 3.63) is 41.7 Å². The quantitative estimate of drug-likeness (QED) is 0.737. The van der Waals surface area contributed by atoms with Gasteiger partial charge in [-0.15, -0.1) is 5.10 Å². The summed E-state index contributed by atoms with van der Waals surface area (Å²) in [6.07, 6.45) is 3.44. The van der Waals surface area contributed by atoms with E-state index in [1.165, 1.54) is 0 Å². The first-order valence-electron chi connectivity index (χ1n) is 6.10. The second-order valence-electron chi connectivity index (χ2n) is 4.29. The van der Waals surface area contributed by atoms with Crippen molar-refractivity contribution in [2.75, 3.05) is 0 Å². The van der Waals surface area contributed by atoms with Crippen LogP contribution in [0.4, 0.5) is 0 Å². The summed E-state index contributed by atoms with van der Waals surface area (Å²) in [6.45, 7) is 2.65. The second-order valence-corrected chi connectivity index (χ2v) is 4.29. The Hall–Kier alpha value is -2.61. The molecule has 0 aliphatic heterocycles. The largest absolute Gasteiger partial charge is 0.337 e. The third kappa shape index (κ3) is 2.41. The van der Waals surface area contributed by atoms with E-state index in [9.17, 15) is 0 Å². The van der Waals surface area contributed by atoms with Crippen molar-refractivity contribution in [3.8, 4) is 11.5 Å². The molecule has 0 aromatic carbocycles. The average molecular weight is 271 g/mol. The molecule has 0 saturated heterocycles. The fourth-order valence-corrected chi connectivity index (χ4v) is 1.78. The molecule has 0 saturated carbocycles. The van der Waals surface area contributed by atoms with Gasteiger partial charge in [-0.2, -0.15) is 4.98 Å². The van der Waals surface area contributed by atoms with Gasteiger partial charge in [0, 0.05) is 12.7 Å². The SMILES string of the molecule is Cc1cccnc1-c1noc(Cn2cc(CN)nn2)n1. The van der Waals surface area contributed by atoms with Crippen LogP contribution in [0.3, 0.4) is 0 Å². The van der Waals surface area contributed by atoms with E-state index in [1.807, 2.05) is 19.1 Å². The van der Waals surface area contributed by atoms with Crippen molar-refractivity contribution in [3.63, 3.8) is 0 Å². The number of hydrogen-bond acceptors (Lipinski definition) is 7. The molecule has 3 aromatic rings. The van der Waals surface area contributed by atoms with Crippen molar-refractivity contribution in [1.29, 1.82) is 0 Å². The van der Waals surface area contributed by atoms with Crippen LogP contribution in [0.25, 0.3) is 11.5 Å². The van der Waals surface area contributed by atoms with Crippen LogP contribution in [0.15, 0.2) is 29.0 Å². The predicted octanol–water partition coefficient (Wildman–Crippen LogP) is 0.539. The van der Waals surface area contributed by atoms with Crippen LogP contribution in [-0.4, -0.2) is 30.1 Å². The number of aryl methyl sites for hydroxylation is 1. The first-order valence-corrected chi connectivity index (χ1v) is 6.10. The summed E-state index contributed by atoms with van der Waals surface area (Å²) in [5, 5.41) is 11.8. The summed E-state index contributed by atoms with van der Waals surface area (Å²) in [4.78, 5) is 8.56. The lowest BCUT2D eigenvalue weighted by atomic mass is 10.2. The van der Waals surface area contributed by atoms with Crippen LogP contribution in [0, 0.1) is 6.92 Å². The number of hydrogen-bond donors (Lipinski definition) is 1. The van der Waals surface area contributed by atoms with Gasteiger partial charge in [-0.05, 0) is 18.6 Å². The maximum atomic E-state index is 5.48. The highest BCUT2D eigenvalue weighted by Crippen LogP contribution is 2.17.